The first-order valence-electron chi connectivity index (χ1n) is 3.59. The molecule has 0 aliphatic carbocycles. The normalized spacial score (nSPS) is 12.8. The van der Waals surface area contributed by atoms with Crippen LogP contribution < -0.4 is 11.1 Å². The highest BCUT2D eigenvalue weighted by Crippen LogP contribution is 2.18. The summed E-state index contributed by atoms with van der Waals surface area (Å²) in [5.41, 5.74) is 5.30. The summed E-state index contributed by atoms with van der Waals surface area (Å²) in [6.07, 6.45) is 0.876. The quantitative estimate of drug-likeness (QED) is 0.184. The van der Waals surface area contributed by atoms with E-state index in [0.29, 0.717) is 12.3 Å². The number of nitrogens with two attached hydrogens (primary N) is 1. The molecule has 12 heavy (non-hydrogen) atoms. The van der Waals surface area contributed by atoms with Gasteiger partial charge in [0.1, 0.15) is 6.29 Å². The average molecular weight is 226 g/mol. The molecule has 0 radical (unpaired) electrons. The van der Waals surface area contributed by atoms with Crippen LogP contribution in [0, 0.1) is 0 Å². The Kier molecular flexibility index (Phi) is 10.2. The van der Waals surface area contributed by atoms with Crippen molar-refractivity contribution in [3.05, 3.63) is 0 Å². The van der Waals surface area contributed by atoms with Crippen molar-refractivity contribution in [2.24, 2.45) is 5.73 Å². The van der Waals surface area contributed by atoms with Gasteiger partial charge < -0.3 is 10.5 Å². The number of carbonyl (C=O) groups is 1. The Hall–Kier alpha value is 0.640. The van der Waals surface area contributed by atoms with Gasteiger partial charge in [0.2, 0.25) is 0 Å². The third-order valence-corrected chi connectivity index (χ3v) is 3.65. The zero-order valence-electron chi connectivity index (χ0n) is 6.73. The fourth-order valence-electron chi connectivity index (χ4n) is 0.445. The molecule has 72 valence electrons. The Morgan fingerprint density at radius 1 is 1.58 bits per heavy atom. The van der Waals surface area contributed by atoms with E-state index >= 15 is 0 Å². The highest BCUT2D eigenvalue weighted by molar-refractivity contribution is 8.76. The second-order valence-corrected chi connectivity index (χ2v) is 4.95. The topological polar surface area (TPSA) is 55.1 Å². The standard InChI is InChI=1S/C6H14N2OS3/c7-1-2-11-12-5-8-6(3-9)4-10/h3,6,8,10H,1-2,4-5,7H2/t6-/m1/s1. The van der Waals surface area contributed by atoms with Gasteiger partial charge >= 0.3 is 0 Å². The van der Waals surface area contributed by atoms with Gasteiger partial charge in [0.15, 0.2) is 0 Å². The lowest BCUT2D eigenvalue weighted by Gasteiger charge is -2.07. The summed E-state index contributed by atoms with van der Waals surface area (Å²) >= 11 is 4.01. The van der Waals surface area contributed by atoms with Gasteiger partial charge in [0.05, 0.1) is 11.9 Å². The van der Waals surface area contributed by atoms with Crippen LogP contribution in [0.15, 0.2) is 0 Å². The number of hydrogen-bond acceptors (Lipinski definition) is 6. The number of hydrogen-bond donors (Lipinski definition) is 3. The predicted molar refractivity (Wildman–Crippen MR) is 60.8 cm³/mol. The van der Waals surface area contributed by atoms with Crippen LogP contribution in [0.5, 0.6) is 0 Å². The van der Waals surface area contributed by atoms with Crippen LogP contribution in [0.3, 0.4) is 0 Å². The molecule has 3 nitrogen and oxygen atoms in total. The molecule has 3 N–H and O–H groups in total. The third-order valence-electron chi connectivity index (χ3n) is 1.05. The molecule has 0 unspecified atom stereocenters. The maximum Gasteiger partial charge on any atom is 0.137 e. The first-order valence-corrected chi connectivity index (χ1v) is 6.71. The molecule has 0 fully saturated rings. The first kappa shape index (κ1) is 12.6. The van der Waals surface area contributed by atoms with Crippen LogP contribution >= 0.6 is 34.2 Å². The Bertz CT molecular complexity index is 115. The minimum Gasteiger partial charge on any atom is -0.330 e. The number of rotatable bonds is 8. The summed E-state index contributed by atoms with van der Waals surface area (Å²) in [5, 5.41) is 3.03. The van der Waals surface area contributed by atoms with Gasteiger partial charge in [-0.25, -0.2) is 0 Å². The summed E-state index contributed by atoms with van der Waals surface area (Å²) in [6.45, 7) is 0.696. The van der Waals surface area contributed by atoms with Crippen molar-refractivity contribution >= 4 is 40.5 Å². The van der Waals surface area contributed by atoms with E-state index < -0.39 is 0 Å². The summed E-state index contributed by atoms with van der Waals surface area (Å²) in [5.74, 6) is 2.25. The average Bonchev–Trinajstić information content (AvgIpc) is 2.11. The van der Waals surface area contributed by atoms with E-state index in [1.807, 2.05) is 0 Å². The van der Waals surface area contributed by atoms with E-state index in [4.69, 9.17) is 5.73 Å². The molecule has 6 heteroatoms. The Balaban J connectivity index is 3.12. The van der Waals surface area contributed by atoms with Crippen molar-refractivity contribution in [1.29, 1.82) is 0 Å². The number of thiol groups is 1. The summed E-state index contributed by atoms with van der Waals surface area (Å²) in [4.78, 5) is 10.3. The maximum absolute atomic E-state index is 10.3. The van der Waals surface area contributed by atoms with Crippen molar-refractivity contribution in [2.45, 2.75) is 6.04 Å². The Labute approximate surface area is 86.4 Å². The lowest BCUT2D eigenvalue weighted by atomic mass is 10.4. The van der Waals surface area contributed by atoms with Gasteiger partial charge in [0, 0.05) is 18.1 Å². The van der Waals surface area contributed by atoms with Crippen molar-refractivity contribution in [3.63, 3.8) is 0 Å². The SMILES string of the molecule is NCCSSCN[C@H](C=O)CS. The zero-order chi connectivity index (χ0) is 9.23. The van der Waals surface area contributed by atoms with E-state index in [-0.39, 0.29) is 6.04 Å². The molecule has 0 aromatic carbocycles. The number of carbonyl (C=O) groups excluding carboxylic acids is 1. The van der Waals surface area contributed by atoms with Crippen molar-refractivity contribution in [1.82, 2.24) is 5.32 Å². The second kappa shape index (κ2) is 9.73. The Morgan fingerprint density at radius 3 is 2.83 bits per heavy atom. The smallest absolute Gasteiger partial charge is 0.137 e. The highest BCUT2D eigenvalue weighted by atomic mass is 33.1. The van der Waals surface area contributed by atoms with Gasteiger partial charge in [-0.05, 0) is 0 Å². The molecule has 0 saturated heterocycles. The molecule has 0 aromatic rings. The molecule has 0 amide bonds. The van der Waals surface area contributed by atoms with E-state index in [9.17, 15) is 4.79 Å². The van der Waals surface area contributed by atoms with E-state index in [2.05, 4.69) is 17.9 Å². The van der Waals surface area contributed by atoms with Crippen LogP contribution in [-0.2, 0) is 4.79 Å². The molecular weight excluding hydrogens is 212 g/mol. The first-order chi connectivity index (χ1) is 5.85. The van der Waals surface area contributed by atoms with E-state index in [1.165, 1.54) is 0 Å². The molecule has 0 spiro atoms. The second-order valence-electron chi connectivity index (χ2n) is 2.00. The molecule has 0 aromatic heterocycles. The van der Waals surface area contributed by atoms with Crippen molar-refractivity contribution < 1.29 is 4.79 Å². The van der Waals surface area contributed by atoms with Crippen LogP contribution in [0.2, 0.25) is 0 Å². The molecule has 0 bridgehead atoms. The van der Waals surface area contributed by atoms with Gasteiger partial charge in [-0.3, -0.25) is 5.32 Å². The summed E-state index contributed by atoms with van der Waals surface area (Å²) < 4.78 is 0. The summed E-state index contributed by atoms with van der Waals surface area (Å²) in [7, 11) is 3.37. The molecule has 0 rings (SSSR count). The largest absolute Gasteiger partial charge is 0.330 e. The van der Waals surface area contributed by atoms with Crippen LogP contribution in [0.25, 0.3) is 0 Å². The molecule has 1 atom stereocenters. The zero-order valence-corrected chi connectivity index (χ0v) is 9.26. The van der Waals surface area contributed by atoms with Crippen molar-refractivity contribution in [3.8, 4) is 0 Å². The highest BCUT2D eigenvalue weighted by Gasteiger charge is 2.01. The number of nitrogens with one attached hydrogen (secondary N) is 1. The maximum atomic E-state index is 10.3. The molecule has 0 aliphatic heterocycles. The lowest BCUT2D eigenvalue weighted by Crippen LogP contribution is -2.31. The fraction of sp³-hybridized carbons (Fsp3) is 0.833. The van der Waals surface area contributed by atoms with Gasteiger partial charge in [-0.15, -0.1) is 0 Å². The van der Waals surface area contributed by atoms with Crippen LogP contribution in [0.4, 0.5) is 0 Å². The van der Waals surface area contributed by atoms with Crippen LogP contribution in [0.1, 0.15) is 0 Å². The monoisotopic (exact) mass is 226 g/mol. The van der Waals surface area contributed by atoms with Crippen LogP contribution in [-0.4, -0.2) is 36.3 Å². The minimum atomic E-state index is -0.126. The molecular formula is C6H14N2OS3. The Morgan fingerprint density at radius 2 is 2.33 bits per heavy atom. The third kappa shape index (κ3) is 7.30. The van der Waals surface area contributed by atoms with Gasteiger partial charge in [0.25, 0.3) is 0 Å². The fourth-order valence-corrected chi connectivity index (χ4v) is 2.34. The van der Waals surface area contributed by atoms with Crippen molar-refractivity contribution in [2.75, 3.05) is 23.9 Å². The predicted octanol–water partition coefficient (Wildman–Crippen LogP) is 0.371. The number of aldehydes is 1. The molecule has 0 heterocycles. The van der Waals surface area contributed by atoms with Gasteiger partial charge in [-0.1, -0.05) is 21.6 Å². The molecule has 0 aliphatic rings. The van der Waals surface area contributed by atoms with E-state index in [1.54, 1.807) is 21.6 Å². The minimum absolute atomic E-state index is 0.126. The van der Waals surface area contributed by atoms with E-state index in [0.717, 1.165) is 17.9 Å². The summed E-state index contributed by atoms with van der Waals surface area (Å²) in [6, 6.07) is -0.126. The van der Waals surface area contributed by atoms with Gasteiger partial charge in [-0.2, -0.15) is 12.6 Å². The lowest BCUT2D eigenvalue weighted by molar-refractivity contribution is -0.109. The molecule has 0 saturated carbocycles.